The van der Waals surface area contributed by atoms with Gasteiger partial charge in [-0.1, -0.05) is 26.0 Å². The van der Waals surface area contributed by atoms with Crippen LogP contribution in [0.5, 0.6) is 5.75 Å². The van der Waals surface area contributed by atoms with Crippen LogP contribution in [0.2, 0.25) is 0 Å². The Labute approximate surface area is 247 Å². The third kappa shape index (κ3) is 8.25. The Bertz CT molecular complexity index is 1350. The Kier molecular flexibility index (Phi) is 11.1. The number of anilines is 1. The zero-order chi connectivity index (χ0) is 29.2. The molecule has 3 aromatic rings. The van der Waals surface area contributed by atoms with E-state index >= 15 is 0 Å². The van der Waals surface area contributed by atoms with Gasteiger partial charge in [0.05, 0.1) is 18.9 Å². The summed E-state index contributed by atoms with van der Waals surface area (Å²) in [5.41, 5.74) is 6.72. The zero-order valence-corrected chi connectivity index (χ0v) is 25.4. The molecule has 1 aliphatic carbocycles. The molecule has 4 rings (SSSR count). The van der Waals surface area contributed by atoms with Crippen molar-refractivity contribution in [3.05, 3.63) is 81.2 Å². The van der Waals surface area contributed by atoms with Gasteiger partial charge < -0.3 is 19.9 Å². The van der Waals surface area contributed by atoms with Gasteiger partial charge in [-0.05, 0) is 98.9 Å². The average Bonchev–Trinajstić information content (AvgIpc) is 3.36. The van der Waals surface area contributed by atoms with E-state index in [1.165, 1.54) is 16.2 Å². The van der Waals surface area contributed by atoms with E-state index in [0.717, 1.165) is 80.8 Å². The molecule has 0 saturated heterocycles. The van der Waals surface area contributed by atoms with Gasteiger partial charge in [-0.25, -0.2) is 5.43 Å². The van der Waals surface area contributed by atoms with Crippen molar-refractivity contribution in [1.82, 2.24) is 15.2 Å². The normalized spacial score (nSPS) is 13.0. The fraction of sp³-hybridized carbons (Fsp3) is 0.406. The smallest absolute Gasteiger partial charge is 0.274 e. The predicted molar refractivity (Wildman–Crippen MR) is 168 cm³/mol. The van der Waals surface area contributed by atoms with Crippen LogP contribution in [0.15, 0.2) is 53.6 Å². The summed E-state index contributed by atoms with van der Waals surface area (Å²) in [5.74, 6) is 0.226. The van der Waals surface area contributed by atoms with Crippen LogP contribution in [-0.4, -0.2) is 68.2 Å². The maximum atomic E-state index is 13.4. The number of hydrogen-bond donors (Lipinski definition) is 2. The quantitative estimate of drug-likeness (QED) is 0.210. The predicted octanol–water partition coefficient (Wildman–Crippen LogP) is 5.43. The molecule has 0 radical (unpaired) electrons. The monoisotopic (exact) mass is 575 g/mol. The van der Waals surface area contributed by atoms with Crippen LogP contribution in [0.1, 0.15) is 69.0 Å². The number of likely N-dealkylation sites (N-methyl/N-ethyl adjacent to an activating group) is 2. The van der Waals surface area contributed by atoms with Crippen LogP contribution < -0.4 is 15.5 Å². The summed E-state index contributed by atoms with van der Waals surface area (Å²) in [7, 11) is 3.72. The second-order valence-electron chi connectivity index (χ2n) is 10.3. The number of ether oxygens (including phenoxy) is 1. The van der Waals surface area contributed by atoms with E-state index in [0.29, 0.717) is 16.1 Å². The minimum atomic E-state index is -0.312. The first-order chi connectivity index (χ1) is 19.9. The summed E-state index contributed by atoms with van der Waals surface area (Å²) < 4.78 is 5.19. The number of hydrogen-bond acceptors (Lipinski definition) is 7. The molecule has 218 valence electrons. The Morgan fingerprint density at radius 1 is 1.02 bits per heavy atom. The van der Waals surface area contributed by atoms with Gasteiger partial charge in [0, 0.05) is 30.1 Å². The minimum absolute atomic E-state index is 0.216. The minimum Gasteiger partial charge on any atom is -0.497 e. The standard InChI is InChI=1S/C32H41N5O3S/c1-5-37(6-2)19-18-36(3)22-24-10-9-11-25(20-24)30(38)34-32-29(27-12-7-8-13-28(27)41-32)31(39)35-33-21-23-14-16-26(40-4)17-15-23/h9-11,14-17,20-21H,5-8,12-13,18-19,22H2,1-4H3,(H,34,38)(H,35,39). The molecule has 0 unspecified atom stereocenters. The third-order valence-corrected chi connectivity index (χ3v) is 8.66. The van der Waals surface area contributed by atoms with Crippen LogP contribution in [0.4, 0.5) is 5.00 Å². The van der Waals surface area contributed by atoms with Gasteiger partial charge >= 0.3 is 0 Å². The van der Waals surface area contributed by atoms with Gasteiger partial charge in [0.15, 0.2) is 0 Å². The lowest BCUT2D eigenvalue weighted by atomic mass is 9.95. The molecular weight excluding hydrogens is 534 g/mol. The molecule has 8 nitrogen and oxygen atoms in total. The molecule has 41 heavy (non-hydrogen) atoms. The van der Waals surface area contributed by atoms with Gasteiger partial charge in [0.2, 0.25) is 0 Å². The van der Waals surface area contributed by atoms with Crippen LogP contribution in [-0.2, 0) is 19.4 Å². The molecule has 0 spiro atoms. The van der Waals surface area contributed by atoms with Crippen LogP contribution >= 0.6 is 11.3 Å². The fourth-order valence-electron chi connectivity index (χ4n) is 5.03. The first-order valence-electron chi connectivity index (χ1n) is 14.3. The van der Waals surface area contributed by atoms with Crippen molar-refractivity contribution < 1.29 is 14.3 Å². The first-order valence-corrected chi connectivity index (χ1v) is 15.2. The molecule has 0 bridgehead atoms. The Balaban J connectivity index is 1.45. The number of fused-ring (bicyclic) bond motifs is 1. The second kappa shape index (κ2) is 14.9. The lowest BCUT2D eigenvalue weighted by Gasteiger charge is -2.23. The summed E-state index contributed by atoms with van der Waals surface area (Å²) >= 11 is 1.50. The van der Waals surface area contributed by atoms with Gasteiger partial charge in [0.25, 0.3) is 11.8 Å². The summed E-state index contributed by atoms with van der Waals surface area (Å²) in [4.78, 5) is 32.6. The van der Waals surface area contributed by atoms with E-state index in [4.69, 9.17) is 4.74 Å². The summed E-state index contributed by atoms with van der Waals surface area (Å²) in [6, 6.07) is 15.1. The first kappa shape index (κ1) is 30.4. The number of hydrazone groups is 1. The number of benzene rings is 2. The average molecular weight is 576 g/mol. The largest absolute Gasteiger partial charge is 0.497 e. The van der Waals surface area contributed by atoms with Crippen LogP contribution in [0.3, 0.4) is 0 Å². The second-order valence-corrected chi connectivity index (χ2v) is 11.4. The lowest BCUT2D eigenvalue weighted by molar-refractivity contribution is 0.0955. The summed E-state index contributed by atoms with van der Waals surface area (Å²) in [6.07, 6.45) is 5.44. The molecule has 0 saturated carbocycles. The number of rotatable bonds is 13. The van der Waals surface area contributed by atoms with E-state index < -0.39 is 0 Å². The SMILES string of the molecule is CCN(CC)CCN(C)Cc1cccc(C(=O)Nc2sc3c(c2C(=O)NN=Cc2ccc(OC)cc2)CCCC3)c1. The van der Waals surface area contributed by atoms with Crippen molar-refractivity contribution >= 4 is 34.4 Å². The molecule has 9 heteroatoms. The lowest BCUT2D eigenvalue weighted by Crippen LogP contribution is -2.32. The van der Waals surface area contributed by atoms with Crippen molar-refractivity contribution in [2.75, 3.05) is 45.7 Å². The highest BCUT2D eigenvalue weighted by molar-refractivity contribution is 7.17. The number of aryl methyl sites for hydroxylation is 1. The summed E-state index contributed by atoms with van der Waals surface area (Å²) in [6.45, 7) is 9.18. The zero-order valence-electron chi connectivity index (χ0n) is 24.5. The molecule has 1 heterocycles. The molecule has 1 aliphatic rings. The summed E-state index contributed by atoms with van der Waals surface area (Å²) in [5, 5.41) is 7.81. The molecular formula is C32H41N5O3S. The van der Waals surface area contributed by atoms with Crippen molar-refractivity contribution in [3.63, 3.8) is 0 Å². The Morgan fingerprint density at radius 3 is 2.51 bits per heavy atom. The van der Waals surface area contributed by atoms with Gasteiger partial charge in [0.1, 0.15) is 10.8 Å². The van der Waals surface area contributed by atoms with Crippen molar-refractivity contribution in [2.45, 2.75) is 46.1 Å². The number of methoxy groups -OCH3 is 1. The van der Waals surface area contributed by atoms with E-state index in [9.17, 15) is 9.59 Å². The number of carbonyl (C=O) groups excluding carboxylic acids is 2. The molecule has 2 amide bonds. The molecule has 2 aromatic carbocycles. The van der Waals surface area contributed by atoms with Crippen molar-refractivity contribution in [2.24, 2.45) is 5.10 Å². The van der Waals surface area contributed by atoms with Crippen LogP contribution in [0.25, 0.3) is 0 Å². The topological polar surface area (TPSA) is 86.3 Å². The fourth-order valence-corrected chi connectivity index (χ4v) is 6.32. The molecule has 0 atom stereocenters. The van der Waals surface area contributed by atoms with Gasteiger partial charge in [-0.2, -0.15) is 5.10 Å². The van der Waals surface area contributed by atoms with E-state index in [1.807, 2.05) is 48.5 Å². The number of amides is 2. The number of thiophene rings is 1. The van der Waals surface area contributed by atoms with E-state index in [-0.39, 0.29) is 11.8 Å². The maximum absolute atomic E-state index is 13.4. The van der Waals surface area contributed by atoms with E-state index in [1.54, 1.807) is 13.3 Å². The molecule has 0 aliphatic heterocycles. The number of nitrogens with one attached hydrogen (secondary N) is 2. The van der Waals surface area contributed by atoms with Gasteiger partial charge in [-0.3, -0.25) is 9.59 Å². The molecule has 1 aromatic heterocycles. The highest BCUT2D eigenvalue weighted by Gasteiger charge is 2.26. The number of nitrogens with zero attached hydrogens (tertiary/aromatic N) is 3. The Hall–Kier alpha value is -3.53. The third-order valence-electron chi connectivity index (χ3n) is 7.45. The molecule has 2 N–H and O–H groups in total. The Morgan fingerprint density at radius 2 is 1.78 bits per heavy atom. The van der Waals surface area contributed by atoms with E-state index in [2.05, 4.69) is 46.5 Å². The van der Waals surface area contributed by atoms with Crippen LogP contribution in [0, 0.1) is 0 Å². The number of carbonyl (C=O) groups is 2. The van der Waals surface area contributed by atoms with Crippen molar-refractivity contribution in [3.8, 4) is 5.75 Å². The van der Waals surface area contributed by atoms with Crippen molar-refractivity contribution in [1.29, 1.82) is 0 Å². The maximum Gasteiger partial charge on any atom is 0.274 e. The molecule has 0 fully saturated rings. The van der Waals surface area contributed by atoms with Gasteiger partial charge in [-0.15, -0.1) is 11.3 Å². The highest BCUT2D eigenvalue weighted by Crippen LogP contribution is 2.38. The highest BCUT2D eigenvalue weighted by atomic mass is 32.1.